The van der Waals surface area contributed by atoms with E-state index in [2.05, 4.69) is 28.6 Å². The lowest BCUT2D eigenvalue weighted by Crippen LogP contribution is -2.13. The van der Waals surface area contributed by atoms with Crippen molar-refractivity contribution in [2.45, 2.75) is 6.92 Å². The highest BCUT2D eigenvalue weighted by Crippen LogP contribution is 2.35. The van der Waals surface area contributed by atoms with Gasteiger partial charge in [0.15, 0.2) is 0 Å². The van der Waals surface area contributed by atoms with Crippen molar-refractivity contribution >= 4 is 55.3 Å². The molecule has 5 heteroatoms. The lowest BCUT2D eigenvalue weighted by molar-refractivity contribution is 0.102. The minimum absolute atomic E-state index is 0.110. The van der Waals surface area contributed by atoms with Gasteiger partial charge in [0.1, 0.15) is 0 Å². The zero-order valence-corrected chi connectivity index (χ0v) is 16.6. The molecule has 4 nitrogen and oxygen atoms in total. The Labute approximate surface area is 172 Å². The van der Waals surface area contributed by atoms with Crippen molar-refractivity contribution in [3.8, 4) is 0 Å². The van der Waals surface area contributed by atoms with Gasteiger partial charge < -0.3 is 15.6 Å². The van der Waals surface area contributed by atoms with Crippen molar-refractivity contribution in [1.29, 1.82) is 0 Å². The van der Waals surface area contributed by atoms with Crippen LogP contribution in [0.5, 0.6) is 0 Å². The van der Waals surface area contributed by atoms with Crippen LogP contribution in [0.15, 0.2) is 78.3 Å². The number of anilines is 3. The topological polar surface area (TPSA) is 56.9 Å². The minimum Gasteiger partial charge on any atom is -0.359 e. The number of fused-ring (bicyclic) bond motifs is 2. The Bertz CT molecular complexity index is 1350. The number of hydrogen-bond acceptors (Lipinski definition) is 3. The zero-order valence-electron chi connectivity index (χ0n) is 15.8. The summed E-state index contributed by atoms with van der Waals surface area (Å²) in [5.74, 6) is -0.110. The number of thiophene rings is 1. The van der Waals surface area contributed by atoms with Crippen LogP contribution in [0, 0.1) is 6.92 Å². The average Bonchev–Trinajstić information content (AvgIpc) is 3.38. The first-order chi connectivity index (χ1) is 14.2. The molecular formula is C24H19N3OS. The molecule has 0 saturated heterocycles. The average molecular weight is 398 g/mol. The number of H-pyrrole nitrogens is 1. The van der Waals surface area contributed by atoms with Gasteiger partial charge in [-0.15, -0.1) is 11.3 Å². The molecule has 2 aromatic heterocycles. The van der Waals surface area contributed by atoms with Crippen molar-refractivity contribution in [1.82, 2.24) is 4.98 Å². The monoisotopic (exact) mass is 397 g/mol. The molecule has 0 unspecified atom stereocenters. The van der Waals surface area contributed by atoms with Gasteiger partial charge in [0.05, 0.1) is 22.5 Å². The molecule has 0 fully saturated rings. The van der Waals surface area contributed by atoms with Crippen molar-refractivity contribution in [3.05, 3.63) is 89.4 Å². The molecule has 0 radical (unpaired) electrons. The van der Waals surface area contributed by atoms with Crippen LogP contribution >= 0.6 is 11.3 Å². The standard InChI is InChI=1S/C24H19N3OS/c1-15-6-2-4-8-19(15)26-23-20(11-10-16-12-13-25-22(16)23)27-24(28)18-14-29-21-9-5-3-7-17(18)21/h2-14,25-26H,1H3,(H,27,28). The second kappa shape index (κ2) is 7.11. The van der Waals surface area contributed by atoms with E-state index < -0.39 is 0 Å². The fourth-order valence-electron chi connectivity index (χ4n) is 3.55. The van der Waals surface area contributed by atoms with Crippen LogP contribution in [0.3, 0.4) is 0 Å². The number of aryl methyl sites for hydroxylation is 1. The fourth-order valence-corrected chi connectivity index (χ4v) is 4.49. The summed E-state index contributed by atoms with van der Waals surface area (Å²) in [6.07, 6.45) is 1.91. The molecule has 0 spiro atoms. The largest absolute Gasteiger partial charge is 0.359 e. The number of para-hydroxylation sites is 1. The quantitative estimate of drug-likeness (QED) is 0.316. The van der Waals surface area contributed by atoms with Gasteiger partial charge in [-0.05, 0) is 36.8 Å². The Morgan fingerprint density at radius 1 is 0.931 bits per heavy atom. The molecule has 0 atom stereocenters. The smallest absolute Gasteiger partial charge is 0.257 e. The van der Waals surface area contributed by atoms with Crippen LogP contribution in [0.1, 0.15) is 15.9 Å². The summed E-state index contributed by atoms with van der Waals surface area (Å²) in [5, 5.41) is 10.6. The summed E-state index contributed by atoms with van der Waals surface area (Å²) in [7, 11) is 0. The maximum absolute atomic E-state index is 13.1. The molecule has 0 bridgehead atoms. The summed E-state index contributed by atoms with van der Waals surface area (Å²) >= 11 is 1.58. The number of aromatic nitrogens is 1. The van der Waals surface area contributed by atoms with Gasteiger partial charge in [-0.3, -0.25) is 4.79 Å². The number of rotatable bonds is 4. The zero-order chi connectivity index (χ0) is 19.8. The number of nitrogens with one attached hydrogen (secondary N) is 3. The SMILES string of the molecule is Cc1ccccc1Nc1c(NC(=O)c2csc3ccccc23)ccc2cc[nH]c12. The third kappa shape index (κ3) is 3.15. The van der Waals surface area contributed by atoms with E-state index in [0.717, 1.165) is 43.6 Å². The highest BCUT2D eigenvalue weighted by molar-refractivity contribution is 7.17. The number of carbonyl (C=O) groups is 1. The molecule has 0 aliphatic rings. The Hall–Kier alpha value is -3.57. The molecule has 5 rings (SSSR count). The predicted octanol–water partition coefficient (Wildman–Crippen LogP) is 6.69. The normalized spacial score (nSPS) is 11.1. The van der Waals surface area contributed by atoms with E-state index in [1.54, 1.807) is 11.3 Å². The second-order valence-corrected chi connectivity index (χ2v) is 7.88. The van der Waals surface area contributed by atoms with Gasteiger partial charge in [-0.2, -0.15) is 0 Å². The van der Waals surface area contributed by atoms with Crippen LogP contribution in [-0.4, -0.2) is 10.9 Å². The second-order valence-electron chi connectivity index (χ2n) is 6.97. The Balaban J connectivity index is 1.56. The molecule has 3 N–H and O–H groups in total. The maximum atomic E-state index is 13.1. The highest BCUT2D eigenvalue weighted by Gasteiger charge is 2.16. The summed E-state index contributed by atoms with van der Waals surface area (Å²) in [6.45, 7) is 2.06. The summed E-state index contributed by atoms with van der Waals surface area (Å²) in [4.78, 5) is 16.4. The third-order valence-corrected chi connectivity index (χ3v) is 6.07. The van der Waals surface area contributed by atoms with Gasteiger partial charge in [0, 0.05) is 32.7 Å². The van der Waals surface area contributed by atoms with Crippen molar-refractivity contribution in [2.24, 2.45) is 0 Å². The van der Waals surface area contributed by atoms with Crippen LogP contribution < -0.4 is 10.6 Å². The molecule has 1 amide bonds. The van der Waals surface area contributed by atoms with Crippen molar-refractivity contribution in [3.63, 3.8) is 0 Å². The van der Waals surface area contributed by atoms with Gasteiger partial charge >= 0.3 is 0 Å². The van der Waals surface area contributed by atoms with Crippen molar-refractivity contribution < 1.29 is 4.79 Å². The van der Waals surface area contributed by atoms with Crippen LogP contribution in [0.2, 0.25) is 0 Å². The Morgan fingerprint density at radius 2 is 1.76 bits per heavy atom. The van der Waals surface area contributed by atoms with Crippen LogP contribution in [0.25, 0.3) is 21.0 Å². The van der Waals surface area contributed by atoms with E-state index in [0.29, 0.717) is 5.56 Å². The highest BCUT2D eigenvalue weighted by atomic mass is 32.1. The maximum Gasteiger partial charge on any atom is 0.257 e. The van der Waals surface area contributed by atoms with E-state index in [1.165, 1.54) is 0 Å². The van der Waals surface area contributed by atoms with Crippen molar-refractivity contribution in [2.75, 3.05) is 10.6 Å². The Kier molecular flexibility index (Phi) is 4.30. The first-order valence-corrected chi connectivity index (χ1v) is 10.3. The molecular weight excluding hydrogens is 378 g/mol. The number of carbonyl (C=O) groups excluding carboxylic acids is 1. The molecule has 2 heterocycles. The van der Waals surface area contributed by atoms with Crippen LogP contribution in [-0.2, 0) is 0 Å². The third-order valence-electron chi connectivity index (χ3n) is 5.11. The molecule has 142 valence electrons. The molecule has 29 heavy (non-hydrogen) atoms. The molecule has 3 aromatic carbocycles. The molecule has 0 saturated carbocycles. The molecule has 0 aliphatic carbocycles. The first-order valence-electron chi connectivity index (χ1n) is 9.41. The minimum atomic E-state index is -0.110. The summed E-state index contributed by atoms with van der Waals surface area (Å²) < 4.78 is 1.11. The van der Waals surface area contributed by atoms with E-state index in [1.807, 2.05) is 72.2 Å². The van der Waals surface area contributed by atoms with Gasteiger partial charge in [0.2, 0.25) is 0 Å². The number of amides is 1. The Morgan fingerprint density at radius 3 is 2.66 bits per heavy atom. The lowest BCUT2D eigenvalue weighted by Gasteiger charge is -2.16. The number of benzene rings is 3. The van der Waals surface area contributed by atoms with E-state index in [4.69, 9.17) is 0 Å². The van der Waals surface area contributed by atoms with Gasteiger partial charge in [-0.25, -0.2) is 0 Å². The van der Waals surface area contributed by atoms with Crippen LogP contribution in [0.4, 0.5) is 17.1 Å². The van der Waals surface area contributed by atoms with Gasteiger partial charge in [0.25, 0.3) is 5.91 Å². The van der Waals surface area contributed by atoms with E-state index in [9.17, 15) is 4.79 Å². The first kappa shape index (κ1) is 17.5. The van der Waals surface area contributed by atoms with E-state index >= 15 is 0 Å². The fraction of sp³-hybridized carbons (Fsp3) is 0.0417. The molecule has 5 aromatic rings. The number of hydrogen-bond donors (Lipinski definition) is 3. The lowest BCUT2D eigenvalue weighted by atomic mass is 10.1. The van der Waals surface area contributed by atoms with E-state index in [-0.39, 0.29) is 5.91 Å². The summed E-state index contributed by atoms with van der Waals surface area (Å²) in [6, 6.07) is 22.1. The van der Waals surface area contributed by atoms with Gasteiger partial charge in [-0.1, -0.05) is 42.5 Å². The summed E-state index contributed by atoms with van der Waals surface area (Å²) in [5.41, 5.74) is 5.39. The predicted molar refractivity (Wildman–Crippen MR) is 123 cm³/mol. The number of aromatic amines is 1. The molecule has 0 aliphatic heterocycles.